The van der Waals surface area contributed by atoms with Crippen LogP contribution in [0.25, 0.3) is 0 Å². The molecule has 7 heteroatoms. The van der Waals surface area contributed by atoms with Crippen molar-refractivity contribution in [3.63, 3.8) is 0 Å². The van der Waals surface area contributed by atoms with E-state index < -0.39 is 11.2 Å². The number of nitrogens with zero attached hydrogens (tertiary/aromatic N) is 2. The predicted octanol–water partition coefficient (Wildman–Crippen LogP) is -0.811. The minimum absolute atomic E-state index is 0.116. The van der Waals surface area contributed by atoms with Gasteiger partial charge in [0.2, 0.25) is 0 Å². The van der Waals surface area contributed by atoms with Crippen molar-refractivity contribution in [2.75, 3.05) is 24.2 Å². The first-order chi connectivity index (χ1) is 8.40. The van der Waals surface area contributed by atoms with Crippen molar-refractivity contribution >= 4 is 11.5 Å². The topological polar surface area (TPSA) is 102 Å². The number of hydrogen-bond acceptors (Lipinski definition) is 5. The molecule has 4 N–H and O–H groups in total. The van der Waals surface area contributed by atoms with Gasteiger partial charge in [-0.3, -0.25) is 13.9 Å². The molecule has 0 spiro atoms. The molecule has 18 heavy (non-hydrogen) atoms. The lowest BCUT2D eigenvalue weighted by atomic mass is 10.2. The zero-order chi connectivity index (χ0) is 13.9. The highest BCUT2D eigenvalue weighted by molar-refractivity contribution is 5.60. The van der Waals surface area contributed by atoms with Gasteiger partial charge < -0.3 is 16.2 Å². The van der Waals surface area contributed by atoms with Gasteiger partial charge in [0.25, 0.3) is 5.56 Å². The molecule has 0 saturated heterocycles. The van der Waals surface area contributed by atoms with E-state index >= 15 is 0 Å². The van der Waals surface area contributed by atoms with Gasteiger partial charge in [-0.1, -0.05) is 13.8 Å². The van der Waals surface area contributed by atoms with Crippen LogP contribution >= 0.6 is 0 Å². The molecule has 1 aromatic rings. The van der Waals surface area contributed by atoms with Crippen molar-refractivity contribution in [2.24, 2.45) is 13.0 Å². The maximum Gasteiger partial charge on any atom is 0.332 e. The average molecular weight is 256 g/mol. The summed E-state index contributed by atoms with van der Waals surface area (Å²) in [5, 5.41) is 11.5. The van der Waals surface area contributed by atoms with Crippen molar-refractivity contribution in [2.45, 2.75) is 20.4 Å². The summed E-state index contributed by atoms with van der Waals surface area (Å²) in [6, 6.07) is 0. The van der Waals surface area contributed by atoms with E-state index in [1.807, 2.05) is 13.8 Å². The molecule has 0 atom stereocenters. The fourth-order valence-electron chi connectivity index (χ4n) is 1.67. The van der Waals surface area contributed by atoms with Crippen LogP contribution in [0, 0.1) is 5.92 Å². The summed E-state index contributed by atoms with van der Waals surface area (Å²) in [5.41, 5.74) is 5.10. The van der Waals surface area contributed by atoms with E-state index in [0.29, 0.717) is 6.54 Å². The Morgan fingerprint density at radius 1 is 1.39 bits per heavy atom. The zero-order valence-corrected chi connectivity index (χ0v) is 10.9. The Morgan fingerprint density at radius 2 is 2.00 bits per heavy atom. The van der Waals surface area contributed by atoms with Gasteiger partial charge in [-0.2, -0.15) is 0 Å². The number of hydrogen-bond donors (Lipinski definition) is 3. The first-order valence-corrected chi connectivity index (χ1v) is 5.84. The SMILES string of the molecule is CC(C)Cn1c(N)c(NCCO)c(=O)n(C)c1=O. The lowest BCUT2D eigenvalue weighted by Gasteiger charge is -2.17. The molecule has 0 unspecified atom stereocenters. The van der Waals surface area contributed by atoms with Gasteiger partial charge in [-0.25, -0.2) is 4.79 Å². The highest BCUT2D eigenvalue weighted by Crippen LogP contribution is 2.11. The smallest absolute Gasteiger partial charge is 0.332 e. The Bertz CT molecular complexity index is 530. The van der Waals surface area contributed by atoms with Crippen LogP contribution in [0.2, 0.25) is 0 Å². The van der Waals surface area contributed by atoms with E-state index in [9.17, 15) is 9.59 Å². The number of rotatable bonds is 5. The Hall–Kier alpha value is -1.76. The van der Waals surface area contributed by atoms with E-state index in [4.69, 9.17) is 10.8 Å². The summed E-state index contributed by atoms with van der Waals surface area (Å²) < 4.78 is 2.38. The summed E-state index contributed by atoms with van der Waals surface area (Å²) in [6.07, 6.45) is 0. The van der Waals surface area contributed by atoms with Crippen LogP contribution in [-0.4, -0.2) is 27.4 Å². The molecule has 1 rings (SSSR count). The minimum Gasteiger partial charge on any atom is -0.395 e. The Balaban J connectivity index is 3.40. The van der Waals surface area contributed by atoms with E-state index in [1.54, 1.807) is 0 Å². The fraction of sp³-hybridized carbons (Fsp3) is 0.636. The highest BCUT2D eigenvalue weighted by atomic mass is 16.3. The number of anilines is 2. The van der Waals surface area contributed by atoms with Crippen molar-refractivity contribution in [1.82, 2.24) is 9.13 Å². The molecule has 0 aliphatic heterocycles. The van der Waals surface area contributed by atoms with Crippen LogP contribution in [0.4, 0.5) is 11.5 Å². The van der Waals surface area contributed by atoms with E-state index in [2.05, 4.69) is 5.32 Å². The van der Waals surface area contributed by atoms with Gasteiger partial charge in [0.05, 0.1) is 6.61 Å². The maximum absolute atomic E-state index is 11.9. The molecule has 0 aliphatic rings. The van der Waals surface area contributed by atoms with Crippen LogP contribution in [0.5, 0.6) is 0 Å². The summed E-state index contributed by atoms with van der Waals surface area (Å²) in [4.78, 5) is 23.8. The second-order valence-electron chi connectivity index (χ2n) is 4.56. The maximum atomic E-state index is 11.9. The first kappa shape index (κ1) is 14.3. The van der Waals surface area contributed by atoms with Gasteiger partial charge in [0, 0.05) is 20.1 Å². The number of aromatic nitrogens is 2. The largest absolute Gasteiger partial charge is 0.395 e. The molecule has 0 amide bonds. The van der Waals surface area contributed by atoms with Crippen molar-refractivity contribution < 1.29 is 5.11 Å². The normalized spacial score (nSPS) is 10.9. The predicted molar refractivity (Wildman–Crippen MR) is 70.8 cm³/mol. The van der Waals surface area contributed by atoms with Crippen molar-refractivity contribution in [1.29, 1.82) is 0 Å². The Labute approximate surface area is 105 Å². The van der Waals surface area contributed by atoms with E-state index in [0.717, 1.165) is 4.57 Å². The van der Waals surface area contributed by atoms with E-state index in [-0.39, 0.29) is 30.6 Å². The van der Waals surface area contributed by atoms with Crippen molar-refractivity contribution in [3.05, 3.63) is 20.8 Å². The summed E-state index contributed by atoms with van der Waals surface area (Å²) >= 11 is 0. The number of aliphatic hydroxyl groups excluding tert-OH is 1. The second-order valence-corrected chi connectivity index (χ2v) is 4.56. The third-order valence-electron chi connectivity index (χ3n) is 2.54. The quantitative estimate of drug-likeness (QED) is 0.639. The third-order valence-corrected chi connectivity index (χ3v) is 2.54. The molecule has 0 fully saturated rings. The Morgan fingerprint density at radius 3 is 2.50 bits per heavy atom. The fourth-order valence-corrected chi connectivity index (χ4v) is 1.67. The molecule has 1 heterocycles. The van der Waals surface area contributed by atoms with Crippen LogP contribution < -0.4 is 22.3 Å². The molecule has 0 saturated carbocycles. The van der Waals surface area contributed by atoms with Crippen LogP contribution in [-0.2, 0) is 13.6 Å². The third kappa shape index (κ3) is 2.73. The Kier molecular flexibility index (Phi) is 4.55. The summed E-state index contributed by atoms with van der Waals surface area (Å²) in [6.45, 7) is 4.44. The highest BCUT2D eigenvalue weighted by Gasteiger charge is 2.15. The van der Waals surface area contributed by atoms with Gasteiger partial charge in [-0.05, 0) is 5.92 Å². The molecular formula is C11H20N4O3. The number of nitrogen functional groups attached to an aromatic ring is 1. The molecule has 0 radical (unpaired) electrons. The number of nitrogens with one attached hydrogen (secondary N) is 1. The molecular weight excluding hydrogens is 236 g/mol. The monoisotopic (exact) mass is 256 g/mol. The van der Waals surface area contributed by atoms with E-state index in [1.165, 1.54) is 11.6 Å². The molecule has 0 aromatic carbocycles. The van der Waals surface area contributed by atoms with Gasteiger partial charge in [0.1, 0.15) is 11.5 Å². The summed E-state index contributed by atoms with van der Waals surface area (Å²) in [7, 11) is 1.41. The van der Waals surface area contributed by atoms with Gasteiger partial charge in [-0.15, -0.1) is 0 Å². The zero-order valence-electron chi connectivity index (χ0n) is 10.9. The lowest BCUT2D eigenvalue weighted by Crippen LogP contribution is -2.41. The standard InChI is InChI=1S/C11H20N4O3/c1-7(2)6-15-9(12)8(13-4-5-16)10(17)14(3)11(15)18/h7,13,16H,4-6,12H2,1-3H3. The van der Waals surface area contributed by atoms with Gasteiger partial charge in [0.15, 0.2) is 0 Å². The molecule has 0 aliphatic carbocycles. The van der Waals surface area contributed by atoms with Crippen LogP contribution in [0.1, 0.15) is 13.8 Å². The lowest BCUT2D eigenvalue weighted by molar-refractivity contribution is 0.311. The molecule has 7 nitrogen and oxygen atoms in total. The molecule has 102 valence electrons. The van der Waals surface area contributed by atoms with Crippen LogP contribution in [0.3, 0.4) is 0 Å². The van der Waals surface area contributed by atoms with Crippen molar-refractivity contribution in [3.8, 4) is 0 Å². The minimum atomic E-state index is -0.481. The second kappa shape index (κ2) is 5.72. The average Bonchev–Trinajstić information content (AvgIpc) is 2.32. The number of aliphatic hydroxyl groups is 1. The van der Waals surface area contributed by atoms with Gasteiger partial charge >= 0.3 is 5.69 Å². The molecule has 1 aromatic heterocycles. The first-order valence-electron chi connectivity index (χ1n) is 5.84. The molecule has 0 bridgehead atoms. The van der Waals surface area contributed by atoms with Crippen LogP contribution in [0.15, 0.2) is 9.59 Å². The summed E-state index contributed by atoms with van der Waals surface area (Å²) in [5.74, 6) is 0.346. The number of nitrogens with two attached hydrogens (primary N) is 1.